The summed E-state index contributed by atoms with van der Waals surface area (Å²) in [6, 6.07) is 30.5. The second-order valence-corrected chi connectivity index (χ2v) is 8.62. The van der Waals surface area contributed by atoms with Crippen molar-refractivity contribution in [3.05, 3.63) is 125 Å². The van der Waals surface area contributed by atoms with Crippen LogP contribution >= 0.6 is 0 Å². The molecule has 0 aliphatic heterocycles. The number of phenols is 1. The van der Waals surface area contributed by atoms with E-state index >= 15 is 0 Å². The van der Waals surface area contributed by atoms with E-state index in [4.69, 9.17) is 4.74 Å². The minimum absolute atomic E-state index is 0.0175. The number of ether oxygens (including phenoxy) is 1. The Labute approximate surface area is 204 Å². The van der Waals surface area contributed by atoms with Crippen molar-refractivity contribution in [2.75, 3.05) is 0 Å². The molecule has 2 N–H and O–H groups in total. The monoisotopic (exact) mass is 466 g/mol. The van der Waals surface area contributed by atoms with Crippen molar-refractivity contribution < 1.29 is 24.5 Å². The van der Waals surface area contributed by atoms with Gasteiger partial charge in [0.05, 0.1) is 0 Å². The molecule has 0 aromatic heterocycles. The van der Waals surface area contributed by atoms with Gasteiger partial charge in [-0.3, -0.25) is 9.59 Å². The van der Waals surface area contributed by atoms with Gasteiger partial charge in [-0.05, 0) is 66.1 Å². The average molecular weight is 467 g/mol. The van der Waals surface area contributed by atoms with Crippen LogP contribution in [0.15, 0.2) is 103 Å². The van der Waals surface area contributed by atoms with Crippen LogP contribution in [0.25, 0.3) is 0 Å². The molecule has 35 heavy (non-hydrogen) atoms. The molecular weight excluding hydrogens is 440 g/mol. The fourth-order valence-electron chi connectivity index (χ4n) is 4.10. The van der Waals surface area contributed by atoms with Crippen molar-refractivity contribution in [2.45, 2.75) is 25.2 Å². The molecule has 0 bridgehead atoms. The van der Waals surface area contributed by atoms with Gasteiger partial charge in [-0.15, -0.1) is 0 Å². The van der Waals surface area contributed by atoms with Gasteiger partial charge in [-0.2, -0.15) is 0 Å². The molecule has 0 amide bonds. The molecule has 0 saturated carbocycles. The highest BCUT2D eigenvalue weighted by molar-refractivity contribution is 6.08. The molecule has 176 valence electrons. The van der Waals surface area contributed by atoms with Gasteiger partial charge in [0.2, 0.25) is 0 Å². The van der Waals surface area contributed by atoms with Gasteiger partial charge in [0.25, 0.3) is 0 Å². The molecule has 5 nitrogen and oxygen atoms in total. The fourth-order valence-corrected chi connectivity index (χ4v) is 4.10. The van der Waals surface area contributed by atoms with E-state index in [1.165, 1.54) is 0 Å². The van der Waals surface area contributed by atoms with Gasteiger partial charge >= 0.3 is 5.97 Å². The summed E-state index contributed by atoms with van der Waals surface area (Å²) in [6.45, 7) is 2.00. The summed E-state index contributed by atoms with van der Waals surface area (Å²) in [5.74, 6) is 0.492. The van der Waals surface area contributed by atoms with Crippen LogP contribution < -0.4 is 4.74 Å². The molecule has 0 saturated heterocycles. The molecule has 0 spiro atoms. The van der Waals surface area contributed by atoms with Crippen LogP contribution in [-0.2, 0) is 10.2 Å². The lowest BCUT2D eigenvalue weighted by Crippen LogP contribution is -2.24. The van der Waals surface area contributed by atoms with E-state index in [9.17, 15) is 19.8 Å². The smallest absolute Gasteiger partial charge is 0.303 e. The highest BCUT2D eigenvalue weighted by atomic mass is 16.5. The number of carboxylic acids is 1. The predicted molar refractivity (Wildman–Crippen MR) is 134 cm³/mol. The first-order valence-electron chi connectivity index (χ1n) is 11.3. The Balaban J connectivity index is 1.51. The molecule has 0 aliphatic rings. The first-order chi connectivity index (χ1) is 16.8. The summed E-state index contributed by atoms with van der Waals surface area (Å²) in [7, 11) is 0. The van der Waals surface area contributed by atoms with E-state index in [1.54, 1.807) is 48.5 Å². The molecule has 4 aromatic carbocycles. The number of hydrogen-bond acceptors (Lipinski definition) is 4. The molecule has 1 unspecified atom stereocenters. The fraction of sp³-hybridized carbons (Fsp3) is 0.133. The average Bonchev–Trinajstić information content (AvgIpc) is 2.88. The highest BCUT2D eigenvalue weighted by Gasteiger charge is 2.29. The molecule has 4 rings (SSSR count). The zero-order valence-electron chi connectivity index (χ0n) is 19.3. The second kappa shape index (κ2) is 10.3. The topological polar surface area (TPSA) is 83.8 Å². The number of ketones is 1. The van der Waals surface area contributed by atoms with Crippen LogP contribution in [-0.4, -0.2) is 22.0 Å². The van der Waals surface area contributed by atoms with Crippen LogP contribution in [0.5, 0.6) is 17.2 Å². The van der Waals surface area contributed by atoms with Gasteiger partial charge in [-0.1, -0.05) is 61.5 Å². The van der Waals surface area contributed by atoms with Gasteiger partial charge in [0, 0.05) is 23.0 Å². The molecule has 0 heterocycles. The van der Waals surface area contributed by atoms with Crippen LogP contribution in [0.3, 0.4) is 0 Å². The third-order valence-corrected chi connectivity index (χ3v) is 6.22. The summed E-state index contributed by atoms with van der Waals surface area (Å²) in [5, 5.41) is 18.9. The number of carbonyl (C=O) groups excluding carboxylic acids is 1. The Morgan fingerprint density at radius 1 is 0.714 bits per heavy atom. The lowest BCUT2D eigenvalue weighted by Gasteiger charge is -2.31. The van der Waals surface area contributed by atoms with Crippen molar-refractivity contribution in [2.24, 2.45) is 0 Å². The summed E-state index contributed by atoms with van der Waals surface area (Å²) >= 11 is 0. The van der Waals surface area contributed by atoms with Crippen molar-refractivity contribution >= 4 is 11.8 Å². The largest absolute Gasteiger partial charge is 0.508 e. The van der Waals surface area contributed by atoms with Crippen molar-refractivity contribution in [1.29, 1.82) is 0 Å². The van der Waals surface area contributed by atoms with Gasteiger partial charge in [0.15, 0.2) is 5.78 Å². The quantitative estimate of drug-likeness (QED) is 0.272. The lowest BCUT2D eigenvalue weighted by molar-refractivity contribution is -0.137. The number of aromatic hydroxyl groups is 1. The van der Waals surface area contributed by atoms with E-state index in [0.717, 1.165) is 11.1 Å². The van der Waals surface area contributed by atoms with E-state index in [-0.39, 0.29) is 18.0 Å². The second-order valence-electron chi connectivity index (χ2n) is 8.62. The molecule has 0 aliphatic carbocycles. The van der Waals surface area contributed by atoms with Crippen molar-refractivity contribution in [3.8, 4) is 17.2 Å². The van der Waals surface area contributed by atoms with E-state index < -0.39 is 11.4 Å². The van der Waals surface area contributed by atoms with Crippen molar-refractivity contribution in [3.63, 3.8) is 0 Å². The summed E-state index contributed by atoms with van der Waals surface area (Å²) < 4.78 is 5.97. The first-order valence-corrected chi connectivity index (χ1v) is 11.3. The van der Waals surface area contributed by atoms with Gasteiger partial charge in [0.1, 0.15) is 17.2 Å². The van der Waals surface area contributed by atoms with E-state index in [0.29, 0.717) is 29.0 Å². The molecule has 5 heteroatoms. The van der Waals surface area contributed by atoms with Crippen LogP contribution in [0, 0.1) is 0 Å². The Morgan fingerprint density at radius 2 is 1.20 bits per heavy atom. The van der Waals surface area contributed by atoms with Crippen LogP contribution in [0.2, 0.25) is 0 Å². The number of phenolic OH excluding ortho intramolecular Hbond substituents is 1. The maximum Gasteiger partial charge on any atom is 0.303 e. The first kappa shape index (κ1) is 23.8. The number of carbonyl (C=O) groups is 2. The zero-order chi connectivity index (χ0) is 24.8. The van der Waals surface area contributed by atoms with E-state index in [2.05, 4.69) is 0 Å². The third kappa shape index (κ3) is 5.58. The normalized spacial score (nSPS) is 12.5. The van der Waals surface area contributed by atoms with Crippen LogP contribution in [0.1, 0.15) is 46.8 Å². The Morgan fingerprint density at radius 3 is 1.74 bits per heavy atom. The highest BCUT2D eigenvalue weighted by Crippen LogP contribution is 2.38. The Hall–Kier alpha value is -4.38. The van der Waals surface area contributed by atoms with Gasteiger partial charge in [-0.25, -0.2) is 0 Å². The lowest BCUT2D eigenvalue weighted by atomic mass is 9.73. The zero-order valence-corrected chi connectivity index (χ0v) is 19.3. The molecule has 1 atom stereocenters. The molecule has 0 radical (unpaired) electrons. The van der Waals surface area contributed by atoms with E-state index in [1.807, 2.05) is 61.5 Å². The number of hydrogen-bond donors (Lipinski definition) is 2. The third-order valence-electron chi connectivity index (χ3n) is 6.22. The number of benzene rings is 4. The Kier molecular flexibility index (Phi) is 6.97. The summed E-state index contributed by atoms with van der Waals surface area (Å²) in [6.07, 6.45) is 0.424. The standard InChI is InChI=1S/C30H26O5/c1-30(20-19-28(32)33,23-9-13-25(31)14-10-23)24-11-17-27(18-12-24)35-26-15-7-22(8-16-26)29(34)21-5-3-2-4-6-21/h2-18,31H,19-20H2,1H3,(H,32,33). The molecule has 4 aromatic rings. The number of carboxylic acid groups (broad SMARTS) is 1. The number of rotatable bonds is 9. The minimum atomic E-state index is -0.857. The molecular formula is C30H26O5. The number of aliphatic carboxylic acids is 1. The summed E-state index contributed by atoms with van der Waals surface area (Å²) in [4.78, 5) is 23.9. The van der Waals surface area contributed by atoms with Gasteiger partial charge < -0.3 is 14.9 Å². The van der Waals surface area contributed by atoms with Crippen LogP contribution in [0.4, 0.5) is 0 Å². The predicted octanol–water partition coefficient (Wildman–Crippen LogP) is 6.59. The maximum atomic E-state index is 12.6. The Bertz CT molecular complexity index is 1290. The molecule has 0 fully saturated rings. The SMILES string of the molecule is CC(CCC(=O)O)(c1ccc(O)cc1)c1ccc(Oc2ccc(C(=O)c3ccccc3)cc2)cc1. The van der Waals surface area contributed by atoms with Crippen molar-refractivity contribution in [1.82, 2.24) is 0 Å². The maximum absolute atomic E-state index is 12.6. The summed E-state index contributed by atoms with van der Waals surface area (Å²) in [5.41, 5.74) is 2.53. The minimum Gasteiger partial charge on any atom is -0.508 e.